The Morgan fingerprint density at radius 2 is 2.24 bits per heavy atom. The molecule has 0 saturated carbocycles. The summed E-state index contributed by atoms with van der Waals surface area (Å²) in [6, 6.07) is 8.36. The van der Waals surface area contributed by atoms with Gasteiger partial charge < -0.3 is 4.74 Å². The zero-order valence-electron chi connectivity index (χ0n) is 10.1. The molecule has 0 radical (unpaired) electrons. The van der Waals surface area contributed by atoms with Crippen molar-refractivity contribution in [2.45, 2.75) is 26.2 Å². The molecule has 0 amide bonds. The molecule has 0 fully saturated rings. The lowest BCUT2D eigenvalue weighted by Crippen LogP contribution is -1.88. The van der Waals surface area contributed by atoms with Crippen molar-refractivity contribution < 1.29 is 4.74 Å². The Kier molecular flexibility index (Phi) is 3.65. The molecule has 2 rings (SSSR count). The molecule has 2 aromatic rings. The Balaban J connectivity index is 2.60. The molecule has 0 aliphatic rings. The van der Waals surface area contributed by atoms with E-state index in [9.17, 15) is 0 Å². The van der Waals surface area contributed by atoms with E-state index < -0.39 is 0 Å². The number of aryl methyl sites for hydroxylation is 1. The van der Waals surface area contributed by atoms with Crippen LogP contribution in [0.4, 0.5) is 0 Å². The number of rotatable bonds is 4. The molecular weight excluding hydrogens is 230 g/mol. The zero-order chi connectivity index (χ0) is 12.3. The molecule has 0 N–H and O–H groups in total. The average molecular weight is 245 g/mol. The number of thiophene rings is 1. The molecule has 2 nitrogen and oxygen atoms in total. The van der Waals surface area contributed by atoms with Crippen molar-refractivity contribution in [3.05, 3.63) is 28.6 Å². The van der Waals surface area contributed by atoms with Gasteiger partial charge in [0.05, 0.1) is 19.6 Å². The predicted molar refractivity (Wildman–Crippen MR) is 71.7 cm³/mol. The van der Waals surface area contributed by atoms with E-state index in [0.29, 0.717) is 6.42 Å². The Bertz CT molecular complexity index is 565. The zero-order valence-corrected chi connectivity index (χ0v) is 10.9. The normalized spacial score (nSPS) is 10.4. The summed E-state index contributed by atoms with van der Waals surface area (Å²) in [5.74, 6) is 0.859. The summed E-state index contributed by atoms with van der Waals surface area (Å²) < 4.78 is 6.50. The third-order valence-electron chi connectivity index (χ3n) is 2.81. The van der Waals surface area contributed by atoms with Gasteiger partial charge in [-0.25, -0.2) is 0 Å². The Morgan fingerprint density at radius 3 is 2.88 bits per heavy atom. The van der Waals surface area contributed by atoms with Crippen molar-refractivity contribution in [3.8, 4) is 11.8 Å². The fraction of sp³-hybridized carbons (Fsp3) is 0.357. The predicted octanol–water partition coefficient (Wildman–Crippen LogP) is 3.93. The average Bonchev–Trinajstić information content (AvgIpc) is 2.68. The monoisotopic (exact) mass is 245 g/mol. The second kappa shape index (κ2) is 5.20. The van der Waals surface area contributed by atoms with Crippen LogP contribution in [0, 0.1) is 11.3 Å². The largest absolute Gasteiger partial charge is 0.497 e. The number of benzene rings is 1. The molecule has 0 saturated heterocycles. The number of hydrogen-bond donors (Lipinski definition) is 0. The van der Waals surface area contributed by atoms with Crippen LogP contribution < -0.4 is 4.74 Å². The van der Waals surface area contributed by atoms with Gasteiger partial charge in [-0.3, -0.25) is 0 Å². The van der Waals surface area contributed by atoms with Crippen molar-refractivity contribution >= 4 is 21.4 Å². The van der Waals surface area contributed by atoms with Crippen LogP contribution in [-0.4, -0.2) is 7.11 Å². The summed E-state index contributed by atoms with van der Waals surface area (Å²) in [5, 5.41) is 10.1. The van der Waals surface area contributed by atoms with Crippen LogP contribution in [-0.2, 0) is 12.8 Å². The highest BCUT2D eigenvalue weighted by molar-refractivity contribution is 7.19. The van der Waals surface area contributed by atoms with E-state index in [2.05, 4.69) is 19.1 Å². The quantitative estimate of drug-likeness (QED) is 0.817. The first-order valence-corrected chi connectivity index (χ1v) is 6.57. The summed E-state index contributed by atoms with van der Waals surface area (Å²) in [6.07, 6.45) is 2.66. The first-order valence-electron chi connectivity index (χ1n) is 5.75. The molecule has 17 heavy (non-hydrogen) atoms. The molecule has 0 atom stereocenters. The molecule has 0 spiro atoms. The molecule has 0 unspecified atom stereocenters. The van der Waals surface area contributed by atoms with Crippen molar-refractivity contribution in [3.63, 3.8) is 0 Å². The molecule has 1 heterocycles. The number of nitrogens with zero attached hydrogens (tertiary/aromatic N) is 1. The van der Waals surface area contributed by atoms with E-state index in [1.54, 1.807) is 18.4 Å². The van der Waals surface area contributed by atoms with Crippen molar-refractivity contribution in [2.75, 3.05) is 7.11 Å². The Labute approximate surface area is 105 Å². The highest BCUT2D eigenvalue weighted by atomic mass is 32.1. The number of ether oxygens (including phenoxy) is 1. The van der Waals surface area contributed by atoms with Crippen molar-refractivity contribution in [1.29, 1.82) is 5.26 Å². The van der Waals surface area contributed by atoms with E-state index in [0.717, 1.165) is 18.6 Å². The van der Waals surface area contributed by atoms with Gasteiger partial charge in [-0.1, -0.05) is 13.3 Å². The van der Waals surface area contributed by atoms with Gasteiger partial charge in [0.25, 0.3) is 0 Å². The van der Waals surface area contributed by atoms with E-state index in [-0.39, 0.29) is 0 Å². The highest BCUT2D eigenvalue weighted by Gasteiger charge is 2.11. The van der Waals surface area contributed by atoms with Crippen molar-refractivity contribution in [2.24, 2.45) is 0 Å². The minimum atomic E-state index is 0.489. The topological polar surface area (TPSA) is 33.0 Å². The number of nitriles is 1. The van der Waals surface area contributed by atoms with Gasteiger partial charge in [0, 0.05) is 15.0 Å². The maximum atomic E-state index is 8.94. The second-order valence-corrected chi connectivity index (χ2v) is 5.09. The van der Waals surface area contributed by atoms with Gasteiger partial charge in [-0.05, 0) is 30.2 Å². The first-order chi connectivity index (χ1) is 8.30. The summed E-state index contributed by atoms with van der Waals surface area (Å²) in [5.41, 5.74) is 1.19. The third-order valence-corrected chi connectivity index (χ3v) is 4.09. The van der Waals surface area contributed by atoms with Crippen LogP contribution in [0.5, 0.6) is 5.75 Å². The summed E-state index contributed by atoms with van der Waals surface area (Å²) in [4.78, 5) is 1.34. The van der Waals surface area contributed by atoms with Gasteiger partial charge in [0.1, 0.15) is 5.75 Å². The summed E-state index contributed by atoms with van der Waals surface area (Å²) in [6.45, 7) is 2.17. The van der Waals surface area contributed by atoms with Gasteiger partial charge in [0.15, 0.2) is 0 Å². The van der Waals surface area contributed by atoms with Crippen LogP contribution >= 0.6 is 11.3 Å². The third kappa shape index (κ3) is 2.27. The molecule has 0 aliphatic heterocycles. The lowest BCUT2D eigenvalue weighted by Gasteiger charge is -2.01. The molecular formula is C14H15NOS. The van der Waals surface area contributed by atoms with E-state index in [1.807, 2.05) is 12.1 Å². The maximum Gasteiger partial charge on any atom is 0.119 e. The number of methoxy groups -OCH3 is 1. The highest BCUT2D eigenvalue weighted by Crippen LogP contribution is 2.34. The lowest BCUT2D eigenvalue weighted by molar-refractivity contribution is 0.415. The standard InChI is InChI=1S/C14H15NOS/c1-3-4-13-11(7-8-15)12-9-10(16-2)5-6-14(12)17-13/h5-6,9H,3-4,7H2,1-2H3. The number of fused-ring (bicyclic) bond motifs is 1. The van der Waals surface area contributed by atoms with E-state index >= 15 is 0 Å². The Morgan fingerprint density at radius 1 is 1.41 bits per heavy atom. The maximum absolute atomic E-state index is 8.94. The van der Waals surface area contributed by atoms with Crippen LogP contribution in [0.25, 0.3) is 10.1 Å². The molecule has 88 valence electrons. The molecule has 1 aromatic heterocycles. The van der Waals surface area contributed by atoms with Crippen LogP contribution in [0.2, 0.25) is 0 Å². The van der Waals surface area contributed by atoms with Crippen molar-refractivity contribution in [1.82, 2.24) is 0 Å². The fourth-order valence-corrected chi connectivity index (χ4v) is 3.31. The minimum absolute atomic E-state index is 0.489. The molecule has 1 aromatic carbocycles. The Hall–Kier alpha value is -1.53. The van der Waals surface area contributed by atoms with Crippen LogP contribution in [0.3, 0.4) is 0 Å². The van der Waals surface area contributed by atoms with Crippen LogP contribution in [0.15, 0.2) is 18.2 Å². The number of hydrogen-bond acceptors (Lipinski definition) is 3. The van der Waals surface area contributed by atoms with E-state index in [1.165, 1.54) is 20.5 Å². The smallest absolute Gasteiger partial charge is 0.119 e. The minimum Gasteiger partial charge on any atom is -0.497 e. The SMILES string of the molecule is CCCc1sc2ccc(OC)cc2c1CC#N. The van der Waals surface area contributed by atoms with Crippen LogP contribution in [0.1, 0.15) is 23.8 Å². The molecule has 0 bridgehead atoms. The van der Waals surface area contributed by atoms with Gasteiger partial charge >= 0.3 is 0 Å². The van der Waals surface area contributed by atoms with E-state index in [4.69, 9.17) is 10.00 Å². The molecule has 3 heteroatoms. The van der Waals surface area contributed by atoms with Gasteiger partial charge in [-0.15, -0.1) is 11.3 Å². The van der Waals surface area contributed by atoms with Gasteiger partial charge in [0.2, 0.25) is 0 Å². The summed E-state index contributed by atoms with van der Waals surface area (Å²) in [7, 11) is 1.67. The summed E-state index contributed by atoms with van der Waals surface area (Å²) >= 11 is 1.80. The first kappa shape index (κ1) is 11.9. The fourth-order valence-electron chi connectivity index (χ4n) is 2.01. The second-order valence-electron chi connectivity index (χ2n) is 3.95. The van der Waals surface area contributed by atoms with Gasteiger partial charge in [-0.2, -0.15) is 5.26 Å². The lowest BCUT2D eigenvalue weighted by atomic mass is 10.1. The molecule has 0 aliphatic carbocycles.